The van der Waals surface area contributed by atoms with Crippen molar-refractivity contribution in [2.75, 3.05) is 6.54 Å². The number of benzene rings is 1. The molecule has 0 aliphatic carbocycles. The predicted octanol–water partition coefficient (Wildman–Crippen LogP) is 1.86. The SMILES string of the molecule is O=C1NCC(c2ccncn2)N1Cc1cc(=O)[nH]c2c(F)c(F)ccc12. The summed E-state index contributed by atoms with van der Waals surface area (Å²) in [7, 11) is 0. The molecular formula is C17H13F2N5O2. The normalized spacial score (nSPS) is 16.9. The van der Waals surface area contributed by atoms with Crippen LogP contribution in [0, 0.1) is 11.6 Å². The predicted molar refractivity (Wildman–Crippen MR) is 88.2 cm³/mol. The lowest BCUT2D eigenvalue weighted by Crippen LogP contribution is -2.30. The van der Waals surface area contributed by atoms with E-state index in [2.05, 4.69) is 20.3 Å². The van der Waals surface area contributed by atoms with Gasteiger partial charge in [0.25, 0.3) is 0 Å². The number of pyridine rings is 1. The van der Waals surface area contributed by atoms with E-state index in [1.807, 2.05) is 0 Å². The zero-order chi connectivity index (χ0) is 18.3. The number of halogens is 2. The van der Waals surface area contributed by atoms with E-state index in [4.69, 9.17) is 0 Å². The largest absolute Gasteiger partial charge is 0.335 e. The van der Waals surface area contributed by atoms with Crippen LogP contribution in [0.5, 0.6) is 0 Å². The molecule has 1 aliphatic heterocycles. The van der Waals surface area contributed by atoms with Gasteiger partial charge in [-0.05, 0) is 23.8 Å². The van der Waals surface area contributed by atoms with Crippen LogP contribution in [-0.2, 0) is 6.54 Å². The second kappa shape index (κ2) is 6.17. The van der Waals surface area contributed by atoms with Crippen molar-refractivity contribution in [2.24, 2.45) is 0 Å². The van der Waals surface area contributed by atoms with E-state index >= 15 is 0 Å². The number of hydrogen-bond donors (Lipinski definition) is 2. The number of carbonyl (C=O) groups is 1. The molecule has 2 amide bonds. The van der Waals surface area contributed by atoms with Gasteiger partial charge in [-0.2, -0.15) is 0 Å². The lowest BCUT2D eigenvalue weighted by molar-refractivity contribution is 0.200. The third kappa shape index (κ3) is 2.67. The van der Waals surface area contributed by atoms with Crippen LogP contribution < -0.4 is 10.9 Å². The van der Waals surface area contributed by atoms with Crippen molar-refractivity contribution in [1.82, 2.24) is 25.2 Å². The van der Waals surface area contributed by atoms with E-state index in [1.165, 1.54) is 23.4 Å². The van der Waals surface area contributed by atoms with E-state index in [0.717, 1.165) is 6.07 Å². The van der Waals surface area contributed by atoms with Crippen molar-refractivity contribution in [3.8, 4) is 0 Å². The maximum atomic E-state index is 14.0. The molecule has 26 heavy (non-hydrogen) atoms. The summed E-state index contributed by atoms with van der Waals surface area (Å²) in [5.41, 5.74) is 0.268. The number of aromatic amines is 1. The van der Waals surface area contributed by atoms with Gasteiger partial charge in [0.2, 0.25) is 5.56 Å². The maximum absolute atomic E-state index is 14.0. The Balaban J connectivity index is 1.78. The first kappa shape index (κ1) is 16.1. The van der Waals surface area contributed by atoms with Crippen molar-refractivity contribution in [3.05, 3.63) is 70.0 Å². The quantitative estimate of drug-likeness (QED) is 0.749. The van der Waals surface area contributed by atoms with Crippen molar-refractivity contribution in [3.63, 3.8) is 0 Å². The summed E-state index contributed by atoms with van der Waals surface area (Å²) in [6.45, 7) is 0.395. The fourth-order valence-electron chi connectivity index (χ4n) is 3.13. The molecule has 3 heterocycles. The van der Waals surface area contributed by atoms with Crippen LogP contribution in [-0.4, -0.2) is 32.4 Å². The fraction of sp³-hybridized carbons (Fsp3) is 0.176. The third-order valence-electron chi connectivity index (χ3n) is 4.36. The second-order valence-corrected chi connectivity index (χ2v) is 5.91. The Labute approximate surface area is 145 Å². The molecule has 1 saturated heterocycles. The molecule has 0 radical (unpaired) electrons. The molecule has 7 nitrogen and oxygen atoms in total. The molecule has 132 valence electrons. The molecule has 1 unspecified atom stereocenters. The number of hydrogen-bond acceptors (Lipinski definition) is 4. The Kier molecular flexibility index (Phi) is 3.83. The molecule has 1 atom stereocenters. The van der Waals surface area contributed by atoms with Gasteiger partial charge in [-0.25, -0.2) is 23.5 Å². The van der Waals surface area contributed by atoms with Gasteiger partial charge >= 0.3 is 6.03 Å². The number of H-pyrrole nitrogens is 1. The molecule has 4 rings (SSSR count). The summed E-state index contributed by atoms with van der Waals surface area (Å²) in [5, 5.41) is 3.07. The number of amides is 2. The molecule has 2 N–H and O–H groups in total. The van der Waals surface area contributed by atoms with Crippen LogP contribution in [0.1, 0.15) is 17.3 Å². The molecule has 0 bridgehead atoms. The highest BCUT2D eigenvalue weighted by molar-refractivity contribution is 5.83. The topological polar surface area (TPSA) is 91.0 Å². The minimum atomic E-state index is -1.13. The van der Waals surface area contributed by atoms with Crippen LogP contribution in [0.2, 0.25) is 0 Å². The van der Waals surface area contributed by atoms with Crippen molar-refractivity contribution < 1.29 is 13.6 Å². The van der Waals surface area contributed by atoms with Crippen molar-refractivity contribution in [1.29, 1.82) is 0 Å². The Hall–Kier alpha value is -3.36. The zero-order valence-electron chi connectivity index (χ0n) is 13.4. The van der Waals surface area contributed by atoms with Gasteiger partial charge in [-0.3, -0.25) is 4.79 Å². The number of urea groups is 1. The van der Waals surface area contributed by atoms with Crippen molar-refractivity contribution in [2.45, 2.75) is 12.6 Å². The number of carbonyl (C=O) groups excluding carboxylic acids is 1. The average Bonchev–Trinajstić information content (AvgIpc) is 3.00. The maximum Gasteiger partial charge on any atom is 0.318 e. The van der Waals surface area contributed by atoms with Gasteiger partial charge in [-0.15, -0.1) is 0 Å². The van der Waals surface area contributed by atoms with Gasteiger partial charge in [0.15, 0.2) is 11.6 Å². The first-order chi connectivity index (χ1) is 12.5. The zero-order valence-corrected chi connectivity index (χ0v) is 13.4. The standard InChI is InChI=1S/C17H13F2N5O2/c18-11-2-1-10-9(5-14(25)23-16(10)15(11)19)7-24-13(6-21-17(24)26)12-3-4-20-8-22-12/h1-5,8,13H,6-7H2,(H,21,26)(H,23,25). The Morgan fingerprint density at radius 1 is 1.23 bits per heavy atom. The highest BCUT2D eigenvalue weighted by Crippen LogP contribution is 2.27. The molecule has 2 aromatic heterocycles. The van der Waals surface area contributed by atoms with Gasteiger partial charge < -0.3 is 15.2 Å². The van der Waals surface area contributed by atoms with Crippen LogP contribution in [0.3, 0.4) is 0 Å². The molecule has 1 aromatic carbocycles. The summed E-state index contributed by atoms with van der Waals surface area (Å²) >= 11 is 0. The third-order valence-corrected chi connectivity index (χ3v) is 4.36. The molecule has 1 fully saturated rings. The first-order valence-corrected chi connectivity index (χ1v) is 7.85. The minimum Gasteiger partial charge on any atom is -0.335 e. The molecular weight excluding hydrogens is 344 g/mol. The van der Waals surface area contributed by atoms with Gasteiger partial charge in [0, 0.05) is 30.7 Å². The number of rotatable bonds is 3. The van der Waals surface area contributed by atoms with Crippen LogP contribution >= 0.6 is 0 Å². The molecule has 0 saturated carbocycles. The summed E-state index contributed by atoms with van der Waals surface area (Å²) in [4.78, 5) is 36.0. The Morgan fingerprint density at radius 3 is 2.85 bits per heavy atom. The van der Waals surface area contributed by atoms with E-state index < -0.39 is 17.2 Å². The van der Waals surface area contributed by atoms with Crippen LogP contribution in [0.15, 0.2) is 41.6 Å². The minimum absolute atomic E-state index is 0.0476. The highest BCUT2D eigenvalue weighted by Gasteiger charge is 2.33. The molecule has 9 heteroatoms. The average molecular weight is 357 g/mol. The first-order valence-electron chi connectivity index (χ1n) is 7.85. The summed E-state index contributed by atoms with van der Waals surface area (Å²) in [5.74, 6) is -2.18. The molecule has 1 aliphatic rings. The highest BCUT2D eigenvalue weighted by atomic mass is 19.2. The van der Waals surface area contributed by atoms with E-state index in [0.29, 0.717) is 23.2 Å². The molecule has 3 aromatic rings. The van der Waals surface area contributed by atoms with Crippen molar-refractivity contribution >= 4 is 16.9 Å². The monoisotopic (exact) mass is 357 g/mol. The molecule has 0 spiro atoms. The lowest BCUT2D eigenvalue weighted by Gasteiger charge is -2.23. The smallest absolute Gasteiger partial charge is 0.318 e. The van der Waals surface area contributed by atoms with E-state index in [9.17, 15) is 18.4 Å². The summed E-state index contributed by atoms with van der Waals surface area (Å²) in [6.07, 6.45) is 2.96. The fourth-order valence-corrected chi connectivity index (χ4v) is 3.13. The van der Waals surface area contributed by atoms with E-state index in [-0.39, 0.29) is 24.1 Å². The Morgan fingerprint density at radius 2 is 2.08 bits per heavy atom. The second-order valence-electron chi connectivity index (χ2n) is 5.91. The summed E-state index contributed by atoms with van der Waals surface area (Å²) < 4.78 is 27.5. The number of nitrogens with one attached hydrogen (secondary N) is 2. The summed E-state index contributed by atoms with van der Waals surface area (Å²) in [6, 6.07) is 4.67. The lowest BCUT2D eigenvalue weighted by atomic mass is 10.1. The van der Waals surface area contributed by atoms with Gasteiger partial charge in [0.1, 0.15) is 6.33 Å². The van der Waals surface area contributed by atoms with Crippen LogP contribution in [0.25, 0.3) is 10.9 Å². The number of aromatic nitrogens is 3. The number of fused-ring (bicyclic) bond motifs is 1. The van der Waals surface area contributed by atoms with Gasteiger partial charge in [-0.1, -0.05) is 0 Å². The van der Waals surface area contributed by atoms with E-state index in [1.54, 1.807) is 12.3 Å². The Bertz CT molecular complexity index is 1050. The van der Waals surface area contributed by atoms with Gasteiger partial charge in [0.05, 0.1) is 17.3 Å². The van der Waals surface area contributed by atoms with Crippen LogP contribution in [0.4, 0.5) is 13.6 Å². The number of nitrogens with zero attached hydrogens (tertiary/aromatic N) is 3.